The van der Waals surface area contributed by atoms with Gasteiger partial charge in [-0.05, 0) is 31.9 Å². The molecule has 0 spiro atoms. The van der Waals surface area contributed by atoms with Crippen molar-refractivity contribution in [2.75, 3.05) is 18.0 Å². The molecule has 2 fully saturated rings. The van der Waals surface area contributed by atoms with E-state index in [4.69, 9.17) is 4.52 Å². The predicted octanol–water partition coefficient (Wildman–Crippen LogP) is 2.70. The molecule has 0 bridgehead atoms. The van der Waals surface area contributed by atoms with Crippen LogP contribution in [0, 0.1) is 12.8 Å². The molecule has 0 radical (unpaired) electrons. The summed E-state index contributed by atoms with van der Waals surface area (Å²) in [4.78, 5) is 29.0. The van der Waals surface area contributed by atoms with E-state index in [1.54, 1.807) is 4.90 Å². The highest BCUT2D eigenvalue weighted by molar-refractivity contribution is 6.00. The first-order valence-electron chi connectivity index (χ1n) is 8.72. The van der Waals surface area contributed by atoms with Crippen molar-refractivity contribution in [2.24, 2.45) is 5.92 Å². The minimum Gasteiger partial charge on any atom is -0.359 e. The Morgan fingerprint density at radius 3 is 2.80 bits per heavy atom. The van der Waals surface area contributed by atoms with Crippen LogP contribution in [0.2, 0.25) is 0 Å². The molecule has 1 aromatic carbocycles. The standard InChI is InChI=1S/C19H21N3O3/c1-13-10-17(25-20-13)16-8-5-9-21(16)19(24)14-11-18(23)22(12-14)15-6-3-2-4-7-15/h2-4,6-7,10,14,16H,5,8-9,11-12H2,1H3/t14-,16-/m1/s1. The Kier molecular flexibility index (Phi) is 4.03. The number of amides is 2. The molecule has 4 rings (SSSR count). The van der Waals surface area contributed by atoms with E-state index in [2.05, 4.69) is 5.16 Å². The molecule has 2 saturated heterocycles. The summed E-state index contributed by atoms with van der Waals surface area (Å²) in [7, 11) is 0. The topological polar surface area (TPSA) is 66.7 Å². The lowest BCUT2D eigenvalue weighted by molar-refractivity contribution is -0.137. The van der Waals surface area contributed by atoms with Crippen LogP contribution in [-0.2, 0) is 9.59 Å². The van der Waals surface area contributed by atoms with E-state index in [1.165, 1.54) is 0 Å². The van der Waals surface area contributed by atoms with Crippen LogP contribution in [0.15, 0.2) is 40.9 Å². The fourth-order valence-corrected chi connectivity index (χ4v) is 3.83. The molecule has 0 saturated carbocycles. The highest BCUT2D eigenvalue weighted by Crippen LogP contribution is 2.35. The molecular weight excluding hydrogens is 318 g/mol. The number of carbonyl (C=O) groups excluding carboxylic acids is 2. The number of para-hydroxylation sites is 1. The van der Waals surface area contributed by atoms with Crippen molar-refractivity contribution in [3.63, 3.8) is 0 Å². The third-order valence-corrected chi connectivity index (χ3v) is 5.05. The zero-order valence-corrected chi connectivity index (χ0v) is 14.2. The molecule has 2 aromatic rings. The molecule has 6 nitrogen and oxygen atoms in total. The molecule has 2 amide bonds. The third kappa shape index (κ3) is 2.92. The number of nitrogens with zero attached hydrogens (tertiary/aromatic N) is 3. The monoisotopic (exact) mass is 339 g/mol. The number of hydrogen-bond acceptors (Lipinski definition) is 4. The van der Waals surface area contributed by atoms with Crippen LogP contribution >= 0.6 is 0 Å². The Labute approximate surface area is 146 Å². The number of hydrogen-bond donors (Lipinski definition) is 0. The second-order valence-corrected chi connectivity index (χ2v) is 6.80. The van der Waals surface area contributed by atoms with Crippen LogP contribution < -0.4 is 4.90 Å². The molecule has 6 heteroatoms. The molecule has 0 N–H and O–H groups in total. The SMILES string of the molecule is Cc1cc([C@H]2CCCN2C(=O)[C@@H]2CC(=O)N(c3ccccc3)C2)on1. The van der Waals surface area contributed by atoms with Crippen molar-refractivity contribution in [1.29, 1.82) is 0 Å². The normalized spacial score (nSPS) is 23.5. The smallest absolute Gasteiger partial charge is 0.228 e. The van der Waals surface area contributed by atoms with Crippen LogP contribution in [0.25, 0.3) is 0 Å². The summed E-state index contributed by atoms with van der Waals surface area (Å²) in [5, 5.41) is 3.94. The fourth-order valence-electron chi connectivity index (χ4n) is 3.83. The summed E-state index contributed by atoms with van der Waals surface area (Å²) in [5.41, 5.74) is 1.67. The number of rotatable bonds is 3. The van der Waals surface area contributed by atoms with Gasteiger partial charge in [-0.3, -0.25) is 9.59 Å². The van der Waals surface area contributed by atoms with Crippen molar-refractivity contribution in [1.82, 2.24) is 10.1 Å². The minimum absolute atomic E-state index is 0.0100. The highest BCUT2D eigenvalue weighted by Gasteiger charge is 2.41. The van der Waals surface area contributed by atoms with Gasteiger partial charge in [0.25, 0.3) is 0 Å². The first kappa shape index (κ1) is 15.9. The molecule has 25 heavy (non-hydrogen) atoms. The van der Waals surface area contributed by atoms with Crippen molar-refractivity contribution in [3.05, 3.63) is 47.9 Å². The molecule has 2 aliphatic heterocycles. The van der Waals surface area contributed by atoms with Gasteiger partial charge >= 0.3 is 0 Å². The Hall–Kier alpha value is -2.63. The maximum Gasteiger partial charge on any atom is 0.228 e. The highest BCUT2D eigenvalue weighted by atomic mass is 16.5. The maximum absolute atomic E-state index is 13.0. The molecule has 3 heterocycles. The van der Waals surface area contributed by atoms with Gasteiger partial charge in [-0.15, -0.1) is 0 Å². The number of aromatic nitrogens is 1. The number of carbonyl (C=O) groups is 2. The first-order valence-corrected chi connectivity index (χ1v) is 8.72. The van der Waals surface area contributed by atoms with Gasteiger partial charge in [-0.1, -0.05) is 23.4 Å². The van der Waals surface area contributed by atoms with Crippen molar-refractivity contribution in [3.8, 4) is 0 Å². The second kappa shape index (κ2) is 6.35. The van der Waals surface area contributed by atoms with Crippen molar-refractivity contribution >= 4 is 17.5 Å². The first-order chi connectivity index (χ1) is 12.1. The van der Waals surface area contributed by atoms with Gasteiger partial charge < -0.3 is 14.3 Å². The van der Waals surface area contributed by atoms with Crippen LogP contribution in [0.3, 0.4) is 0 Å². The van der Waals surface area contributed by atoms with Gasteiger partial charge in [0.2, 0.25) is 11.8 Å². The number of anilines is 1. The number of benzene rings is 1. The fraction of sp³-hybridized carbons (Fsp3) is 0.421. The van der Waals surface area contributed by atoms with Crippen LogP contribution in [-0.4, -0.2) is 35.0 Å². The van der Waals surface area contributed by atoms with Crippen LogP contribution in [0.1, 0.15) is 36.8 Å². The molecule has 0 aliphatic carbocycles. The Balaban J connectivity index is 1.50. The van der Waals surface area contributed by atoms with E-state index in [0.717, 1.165) is 30.0 Å². The van der Waals surface area contributed by atoms with Crippen molar-refractivity contribution in [2.45, 2.75) is 32.2 Å². The molecule has 2 aliphatic rings. The van der Waals surface area contributed by atoms with E-state index in [-0.39, 0.29) is 30.2 Å². The third-order valence-electron chi connectivity index (χ3n) is 5.05. The van der Waals surface area contributed by atoms with Crippen molar-refractivity contribution < 1.29 is 14.1 Å². The summed E-state index contributed by atoms with van der Waals surface area (Å²) in [6.07, 6.45) is 2.09. The van der Waals surface area contributed by atoms with E-state index in [9.17, 15) is 9.59 Å². The molecule has 1 aromatic heterocycles. The molecule has 0 unspecified atom stereocenters. The lowest BCUT2D eigenvalue weighted by atomic mass is 10.1. The van der Waals surface area contributed by atoms with E-state index in [0.29, 0.717) is 13.1 Å². The average molecular weight is 339 g/mol. The van der Waals surface area contributed by atoms with Gasteiger partial charge in [0.1, 0.15) is 0 Å². The van der Waals surface area contributed by atoms with E-state index in [1.807, 2.05) is 48.2 Å². The quantitative estimate of drug-likeness (QED) is 0.862. The largest absolute Gasteiger partial charge is 0.359 e. The zero-order valence-electron chi connectivity index (χ0n) is 14.2. The van der Waals surface area contributed by atoms with Gasteiger partial charge in [-0.25, -0.2) is 0 Å². The summed E-state index contributed by atoms with van der Waals surface area (Å²) in [6.45, 7) is 3.03. The van der Waals surface area contributed by atoms with Gasteiger partial charge in [0.05, 0.1) is 17.7 Å². The van der Waals surface area contributed by atoms with Crippen LogP contribution in [0.4, 0.5) is 5.69 Å². The van der Waals surface area contributed by atoms with E-state index >= 15 is 0 Å². The lowest BCUT2D eigenvalue weighted by Gasteiger charge is -2.25. The van der Waals surface area contributed by atoms with E-state index < -0.39 is 0 Å². The van der Waals surface area contributed by atoms with Gasteiger partial charge in [-0.2, -0.15) is 0 Å². The van der Waals surface area contributed by atoms with Gasteiger partial charge in [0, 0.05) is 31.3 Å². The predicted molar refractivity (Wildman–Crippen MR) is 91.8 cm³/mol. The number of likely N-dealkylation sites (tertiary alicyclic amines) is 1. The maximum atomic E-state index is 13.0. The molecule has 2 atom stereocenters. The summed E-state index contributed by atoms with van der Waals surface area (Å²) < 4.78 is 5.38. The van der Waals surface area contributed by atoms with Crippen LogP contribution in [0.5, 0.6) is 0 Å². The average Bonchev–Trinajstić information content (AvgIpc) is 3.34. The number of aryl methyl sites for hydroxylation is 1. The second-order valence-electron chi connectivity index (χ2n) is 6.80. The minimum atomic E-state index is -0.294. The molecular formula is C19H21N3O3. The summed E-state index contributed by atoms with van der Waals surface area (Å²) in [6, 6.07) is 11.4. The Bertz CT molecular complexity index is 786. The summed E-state index contributed by atoms with van der Waals surface area (Å²) >= 11 is 0. The lowest BCUT2D eigenvalue weighted by Crippen LogP contribution is -2.37. The summed E-state index contributed by atoms with van der Waals surface area (Å²) in [5.74, 6) is 0.504. The molecule has 130 valence electrons. The Morgan fingerprint density at radius 1 is 1.28 bits per heavy atom. The Morgan fingerprint density at radius 2 is 2.08 bits per heavy atom. The zero-order chi connectivity index (χ0) is 17.4. The van der Waals surface area contributed by atoms with Gasteiger partial charge in [0.15, 0.2) is 5.76 Å².